The standard InChI is InChI=1S/C15H21BrN2O2/c1-15(2,3)20-14(19)18-13-9-10(16)6-7-11(13)12-5-4-8-17-12/h6-7,9,12,17H,4-5,8H2,1-3H3,(H,18,19). The topological polar surface area (TPSA) is 50.4 Å². The minimum atomic E-state index is -0.498. The van der Waals surface area contributed by atoms with Crippen molar-refractivity contribution in [2.24, 2.45) is 0 Å². The average Bonchev–Trinajstić information content (AvgIpc) is 2.79. The molecule has 5 heteroatoms. The lowest BCUT2D eigenvalue weighted by atomic mass is 10.0. The van der Waals surface area contributed by atoms with Crippen molar-refractivity contribution < 1.29 is 9.53 Å². The Balaban J connectivity index is 2.17. The molecule has 1 aliphatic heterocycles. The summed E-state index contributed by atoms with van der Waals surface area (Å²) in [6.07, 6.45) is 1.83. The van der Waals surface area contributed by atoms with Gasteiger partial charge in [-0.2, -0.15) is 0 Å². The Hall–Kier alpha value is -1.07. The van der Waals surface area contributed by atoms with Crippen LogP contribution in [0.25, 0.3) is 0 Å². The number of rotatable bonds is 2. The van der Waals surface area contributed by atoms with E-state index in [1.165, 1.54) is 0 Å². The average molecular weight is 341 g/mol. The molecule has 1 amide bonds. The highest BCUT2D eigenvalue weighted by molar-refractivity contribution is 9.10. The number of amides is 1. The van der Waals surface area contributed by atoms with E-state index in [9.17, 15) is 4.79 Å². The van der Waals surface area contributed by atoms with Gasteiger partial charge in [0.25, 0.3) is 0 Å². The molecule has 1 saturated heterocycles. The van der Waals surface area contributed by atoms with Gasteiger partial charge in [-0.3, -0.25) is 5.32 Å². The molecule has 1 heterocycles. The molecule has 1 aromatic carbocycles. The van der Waals surface area contributed by atoms with Gasteiger partial charge in [0.2, 0.25) is 0 Å². The number of hydrogen-bond acceptors (Lipinski definition) is 3. The summed E-state index contributed by atoms with van der Waals surface area (Å²) in [6, 6.07) is 6.25. The maximum atomic E-state index is 11.9. The van der Waals surface area contributed by atoms with Crippen molar-refractivity contribution >= 4 is 27.7 Å². The Bertz CT molecular complexity index is 491. The SMILES string of the molecule is CC(C)(C)OC(=O)Nc1cc(Br)ccc1C1CCCN1. The predicted molar refractivity (Wildman–Crippen MR) is 84.0 cm³/mol. The van der Waals surface area contributed by atoms with Crippen LogP contribution in [0.15, 0.2) is 22.7 Å². The van der Waals surface area contributed by atoms with Gasteiger partial charge in [-0.15, -0.1) is 0 Å². The molecule has 20 heavy (non-hydrogen) atoms. The largest absolute Gasteiger partial charge is 0.444 e. The quantitative estimate of drug-likeness (QED) is 0.847. The van der Waals surface area contributed by atoms with Gasteiger partial charge in [-0.25, -0.2) is 4.79 Å². The highest BCUT2D eigenvalue weighted by Crippen LogP contribution is 2.31. The van der Waals surface area contributed by atoms with Crippen LogP contribution in [-0.2, 0) is 4.74 Å². The van der Waals surface area contributed by atoms with Gasteiger partial charge in [0.1, 0.15) is 5.60 Å². The first-order valence-electron chi connectivity index (χ1n) is 6.88. The van der Waals surface area contributed by atoms with Crippen molar-refractivity contribution in [3.8, 4) is 0 Å². The van der Waals surface area contributed by atoms with E-state index in [1.807, 2.05) is 39.0 Å². The molecule has 4 nitrogen and oxygen atoms in total. The van der Waals surface area contributed by atoms with Gasteiger partial charge in [-0.05, 0) is 57.9 Å². The summed E-state index contributed by atoms with van der Waals surface area (Å²) in [6.45, 7) is 6.58. The third-order valence-corrected chi connectivity index (χ3v) is 3.58. The molecule has 2 N–H and O–H groups in total. The highest BCUT2D eigenvalue weighted by atomic mass is 79.9. The van der Waals surface area contributed by atoms with Gasteiger partial charge < -0.3 is 10.1 Å². The molecule has 2 rings (SSSR count). The normalized spacial score (nSPS) is 18.9. The Morgan fingerprint density at radius 3 is 2.80 bits per heavy atom. The molecule has 110 valence electrons. The van der Waals surface area contributed by atoms with Crippen LogP contribution in [0.3, 0.4) is 0 Å². The lowest BCUT2D eigenvalue weighted by Crippen LogP contribution is -2.28. The summed E-state index contributed by atoms with van der Waals surface area (Å²) < 4.78 is 6.25. The predicted octanol–water partition coefficient (Wildman–Crippen LogP) is 4.22. The van der Waals surface area contributed by atoms with Crippen LogP contribution < -0.4 is 10.6 Å². The number of ether oxygens (including phenoxy) is 1. The van der Waals surface area contributed by atoms with Crippen LogP contribution >= 0.6 is 15.9 Å². The zero-order valence-corrected chi connectivity index (χ0v) is 13.7. The van der Waals surface area contributed by atoms with Crippen molar-refractivity contribution in [1.82, 2.24) is 5.32 Å². The minimum absolute atomic E-state index is 0.299. The third kappa shape index (κ3) is 4.21. The fraction of sp³-hybridized carbons (Fsp3) is 0.533. The van der Waals surface area contributed by atoms with E-state index in [-0.39, 0.29) is 0 Å². The summed E-state index contributed by atoms with van der Waals surface area (Å²) >= 11 is 3.44. The van der Waals surface area contributed by atoms with E-state index in [0.717, 1.165) is 35.1 Å². The lowest BCUT2D eigenvalue weighted by Gasteiger charge is -2.22. The molecule has 0 aromatic heterocycles. The number of halogens is 1. The molecule has 1 aromatic rings. The Morgan fingerprint density at radius 2 is 2.20 bits per heavy atom. The maximum absolute atomic E-state index is 11.9. The van der Waals surface area contributed by atoms with E-state index in [0.29, 0.717) is 6.04 Å². The summed E-state index contributed by atoms with van der Waals surface area (Å²) in [7, 11) is 0. The molecule has 0 aliphatic carbocycles. The minimum Gasteiger partial charge on any atom is -0.444 e. The molecule has 1 atom stereocenters. The summed E-state index contributed by atoms with van der Waals surface area (Å²) in [5.74, 6) is 0. The van der Waals surface area contributed by atoms with Crippen LogP contribution in [0.4, 0.5) is 10.5 Å². The molecule has 1 aliphatic rings. The molecule has 0 spiro atoms. The molecule has 0 bridgehead atoms. The summed E-state index contributed by atoms with van der Waals surface area (Å²) in [5.41, 5.74) is 1.41. The van der Waals surface area contributed by atoms with Gasteiger partial charge >= 0.3 is 6.09 Å². The van der Waals surface area contributed by atoms with Crippen molar-refractivity contribution in [3.05, 3.63) is 28.2 Å². The molecule has 1 fully saturated rings. The molecular weight excluding hydrogens is 320 g/mol. The van der Waals surface area contributed by atoms with E-state index in [1.54, 1.807) is 0 Å². The monoisotopic (exact) mass is 340 g/mol. The van der Waals surface area contributed by atoms with Gasteiger partial charge in [0, 0.05) is 16.2 Å². The number of hydrogen-bond donors (Lipinski definition) is 2. The molecule has 1 unspecified atom stereocenters. The fourth-order valence-electron chi connectivity index (χ4n) is 2.30. The lowest BCUT2D eigenvalue weighted by molar-refractivity contribution is 0.0635. The van der Waals surface area contributed by atoms with E-state index in [4.69, 9.17) is 4.74 Å². The first kappa shape index (κ1) is 15.3. The number of anilines is 1. The first-order valence-corrected chi connectivity index (χ1v) is 7.67. The van der Waals surface area contributed by atoms with E-state index < -0.39 is 11.7 Å². The van der Waals surface area contributed by atoms with Gasteiger partial charge in [0.15, 0.2) is 0 Å². The zero-order valence-electron chi connectivity index (χ0n) is 12.1. The number of nitrogens with one attached hydrogen (secondary N) is 2. The second-order valence-corrected chi connectivity index (χ2v) is 6.92. The van der Waals surface area contributed by atoms with Crippen LogP contribution in [-0.4, -0.2) is 18.2 Å². The zero-order chi connectivity index (χ0) is 14.8. The van der Waals surface area contributed by atoms with Crippen LogP contribution in [0.5, 0.6) is 0 Å². The second kappa shape index (κ2) is 6.14. The molecular formula is C15H21BrN2O2. The molecule has 0 radical (unpaired) electrons. The van der Waals surface area contributed by atoms with E-state index in [2.05, 4.69) is 26.6 Å². The number of carbonyl (C=O) groups is 1. The maximum Gasteiger partial charge on any atom is 0.412 e. The van der Waals surface area contributed by atoms with Crippen molar-refractivity contribution in [2.45, 2.75) is 45.3 Å². The Labute approximate surface area is 128 Å². The van der Waals surface area contributed by atoms with Crippen molar-refractivity contribution in [1.29, 1.82) is 0 Å². The molecule has 0 saturated carbocycles. The number of carbonyl (C=O) groups excluding carboxylic acids is 1. The van der Waals surface area contributed by atoms with Crippen molar-refractivity contribution in [2.75, 3.05) is 11.9 Å². The summed E-state index contributed by atoms with van der Waals surface area (Å²) in [5, 5.41) is 6.30. The Morgan fingerprint density at radius 1 is 1.45 bits per heavy atom. The van der Waals surface area contributed by atoms with E-state index >= 15 is 0 Å². The fourth-order valence-corrected chi connectivity index (χ4v) is 2.67. The van der Waals surface area contributed by atoms with Crippen LogP contribution in [0.2, 0.25) is 0 Å². The van der Waals surface area contributed by atoms with Gasteiger partial charge in [-0.1, -0.05) is 22.0 Å². The van der Waals surface area contributed by atoms with Crippen LogP contribution in [0.1, 0.15) is 45.2 Å². The Kier molecular flexibility index (Phi) is 4.70. The highest BCUT2D eigenvalue weighted by Gasteiger charge is 2.22. The smallest absolute Gasteiger partial charge is 0.412 e. The first-order chi connectivity index (χ1) is 9.35. The number of benzene rings is 1. The van der Waals surface area contributed by atoms with Crippen LogP contribution in [0, 0.1) is 0 Å². The third-order valence-electron chi connectivity index (χ3n) is 3.09. The summed E-state index contributed by atoms with van der Waals surface area (Å²) in [4.78, 5) is 11.9. The van der Waals surface area contributed by atoms with Crippen molar-refractivity contribution in [3.63, 3.8) is 0 Å². The van der Waals surface area contributed by atoms with Gasteiger partial charge in [0.05, 0.1) is 0 Å². The second-order valence-electron chi connectivity index (χ2n) is 6.01.